The Labute approximate surface area is 108 Å². The quantitative estimate of drug-likeness (QED) is 0.835. The predicted octanol–water partition coefficient (Wildman–Crippen LogP) is 3.26. The van der Waals surface area contributed by atoms with E-state index in [2.05, 4.69) is 27.8 Å². The molecular weight excluding hydrogens is 222 g/mol. The van der Waals surface area contributed by atoms with E-state index >= 15 is 0 Å². The topological polar surface area (TPSA) is 43.8 Å². The SMILES string of the molecule is NC1CCCCCCC1n1cnc2ccccc21. The van der Waals surface area contributed by atoms with E-state index in [0.29, 0.717) is 6.04 Å². The van der Waals surface area contributed by atoms with Crippen molar-refractivity contribution in [1.82, 2.24) is 9.55 Å². The average Bonchev–Trinajstić information content (AvgIpc) is 2.78. The molecule has 0 aliphatic heterocycles. The van der Waals surface area contributed by atoms with Crippen molar-refractivity contribution in [3.05, 3.63) is 30.6 Å². The van der Waals surface area contributed by atoms with Gasteiger partial charge in [0.25, 0.3) is 0 Å². The molecule has 1 heterocycles. The Morgan fingerprint density at radius 3 is 2.72 bits per heavy atom. The van der Waals surface area contributed by atoms with Gasteiger partial charge in [-0.1, -0.05) is 37.8 Å². The first-order chi connectivity index (χ1) is 8.86. The van der Waals surface area contributed by atoms with Gasteiger partial charge in [0, 0.05) is 6.04 Å². The van der Waals surface area contributed by atoms with E-state index in [9.17, 15) is 0 Å². The molecule has 1 fully saturated rings. The summed E-state index contributed by atoms with van der Waals surface area (Å²) in [5, 5.41) is 0. The highest BCUT2D eigenvalue weighted by Crippen LogP contribution is 2.28. The van der Waals surface area contributed by atoms with Crippen molar-refractivity contribution in [3.63, 3.8) is 0 Å². The van der Waals surface area contributed by atoms with Gasteiger partial charge in [0.1, 0.15) is 0 Å². The van der Waals surface area contributed by atoms with Gasteiger partial charge in [0.2, 0.25) is 0 Å². The Bertz CT molecular complexity index is 517. The molecule has 1 saturated carbocycles. The first kappa shape index (κ1) is 11.7. The number of rotatable bonds is 1. The summed E-state index contributed by atoms with van der Waals surface area (Å²) in [6, 6.07) is 9.02. The minimum atomic E-state index is 0.267. The number of benzene rings is 1. The van der Waals surface area contributed by atoms with Crippen molar-refractivity contribution in [3.8, 4) is 0 Å². The third-order valence-electron chi connectivity index (χ3n) is 4.12. The van der Waals surface area contributed by atoms with Crippen molar-refractivity contribution in [2.45, 2.75) is 50.6 Å². The van der Waals surface area contributed by atoms with Crippen LogP contribution in [0.4, 0.5) is 0 Å². The average molecular weight is 243 g/mol. The minimum absolute atomic E-state index is 0.267. The van der Waals surface area contributed by atoms with Crippen LogP contribution in [-0.2, 0) is 0 Å². The second-order valence-corrected chi connectivity index (χ2v) is 5.36. The van der Waals surface area contributed by atoms with Crippen LogP contribution in [0.15, 0.2) is 30.6 Å². The summed E-state index contributed by atoms with van der Waals surface area (Å²) in [4.78, 5) is 4.49. The molecule has 0 radical (unpaired) electrons. The van der Waals surface area contributed by atoms with Crippen LogP contribution in [0.5, 0.6) is 0 Å². The first-order valence-electron chi connectivity index (χ1n) is 7.03. The lowest BCUT2D eigenvalue weighted by atomic mass is 9.92. The lowest BCUT2D eigenvalue weighted by Gasteiger charge is -2.28. The number of nitrogens with zero attached hydrogens (tertiary/aromatic N) is 2. The highest BCUT2D eigenvalue weighted by Gasteiger charge is 2.22. The van der Waals surface area contributed by atoms with Crippen LogP contribution in [0.3, 0.4) is 0 Å². The number of para-hydroxylation sites is 2. The minimum Gasteiger partial charge on any atom is -0.326 e. The van der Waals surface area contributed by atoms with Gasteiger partial charge in [-0.05, 0) is 25.0 Å². The Morgan fingerprint density at radius 1 is 1.06 bits per heavy atom. The molecule has 0 saturated heterocycles. The summed E-state index contributed by atoms with van der Waals surface area (Å²) in [5.74, 6) is 0. The summed E-state index contributed by atoms with van der Waals surface area (Å²) >= 11 is 0. The lowest BCUT2D eigenvalue weighted by molar-refractivity contribution is 0.332. The molecule has 0 bridgehead atoms. The monoisotopic (exact) mass is 243 g/mol. The van der Waals surface area contributed by atoms with Crippen LogP contribution in [0, 0.1) is 0 Å². The molecule has 0 amide bonds. The summed E-state index contributed by atoms with van der Waals surface area (Å²) < 4.78 is 2.30. The zero-order chi connectivity index (χ0) is 12.4. The fourth-order valence-electron chi connectivity index (χ4n) is 3.08. The van der Waals surface area contributed by atoms with E-state index in [1.54, 1.807) is 0 Å². The molecule has 96 valence electrons. The van der Waals surface area contributed by atoms with Crippen molar-refractivity contribution in [1.29, 1.82) is 0 Å². The van der Waals surface area contributed by atoms with Gasteiger partial charge >= 0.3 is 0 Å². The number of fused-ring (bicyclic) bond motifs is 1. The highest BCUT2D eigenvalue weighted by molar-refractivity contribution is 5.75. The first-order valence-corrected chi connectivity index (χ1v) is 7.03. The summed E-state index contributed by atoms with van der Waals surface area (Å²) in [7, 11) is 0. The number of hydrogen-bond acceptors (Lipinski definition) is 2. The number of imidazole rings is 1. The van der Waals surface area contributed by atoms with Gasteiger partial charge in [-0.2, -0.15) is 0 Å². The van der Waals surface area contributed by atoms with Crippen LogP contribution in [0.1, 0.15) is 44.6 Å². The molecule has 2 aromatic rings. The van der Waals surface area contributed by atoms with E-state index in [4.69, 9.17) is 5.73 Å². The number of aromatic nitrogens is 2. The van der Waals surface area contributed by atoms with E-state index in [0.717, 1.165) is 11.9 Å². The molecular formula is C15H21N3. The molecule has 3 heteroatoms. The summed E-state index contributed by atoms with van der Waals surface area (Å²) in [6.45, 7) is 0. The predicted molar refractivity (Wildman–Crippen MR) is 74.4 cm³/mol. The van der Waals surface area contributed by atoms with Crippen LogP contribution < -0.4 is 5.73 Å². The van der Waals surface area contributed by atoms with E-state index < -0.39 is 0 Å². The van der Waals surface area contributed by atoms with Crippen molar-refractivity contribution >= 4 is 11.0 Å². The summed E-state index contributed by atoms with van der Waals surface area (Å²) in [6.07, 6.45) is 9.52. The molecule has 1 aliphatic carbocycles. The molecule has 0 spiro atoms. The Kier molecular flexibility index (Phi) is 3.33. The number of nitrogens with two attached hydrogens (primary N) is 1. The maximum atomic E-state index is 6.38. The van der Waals surface area contributed by atoms with Crippen molar-refractivity contribution in [2.75, 3.05) is 0 Å². The molecule has 1 aliphatic rings. The van der Waals surface area contributed by atoms with Crippen LogP contribution in [0.2, 0.25) is 0 Å². The smallest absolute Gasteiger partial charge is 0.0961 e. The molecule has 2 N–H and O–H groups in total. The highest BCUT2D eigenvalue weighted by atomic mass is 15.1. The second kappa shape index (κ2) is 5.11. The zero-order valence-electron chi connectivity index (χ0n) is 10.8. The Balaban J connectivity index is 1.95. The van der Waals surface area contributed by atoms with Crippen LogP contribution in [0.25, 0.3) is 11.0 Å². The van der Waals surface area contributed by atoms with E-state index in [-0.39, 0.29) is 6.04 Å². The van der Waals surface area contributed by atoms with Gasteiger partial charge in [-0.15, -0.1) is 0 Å². The Hall–Kier alpha value is -1.35. The fraction of sp³-hybridized carbons (Fsp3) is 0.533. The normalized spacial score (nSPS) is 25.8. The fourth-order valence-corrected chi connectivity index (χ4v) is 3.08. The molecule has 3 rings (SSSR count). The maximum absolute atomic E-state index is 6.38. The third-order valence-corrected chi connectivity index (χ3v) is 4.12. The van der Waals surface area contributed by atoms with Crippen molar-refractivity contribution in [2.24, 2.45) is 5.73 Å². The second-order valence-electron chi connectivity index (χ2n) is 5.36. The van der Waals surface area contributed by atoms with Crippen LogP contribution >= 0.6 is 0 Å². The van der Waals surface area contributed by atoms with E-state index in [1.807, 2.05) is 12.4 Å². The molecule has 3 nitrogen and oxygen atoms in total. The van der Waals surface area contributed by atoms with Gasteiger partial charge < -0.3 is 10.3 Å². The van der Waals surface area contributed by atoms with Gasteiger partial charge in [0.05, 0.1) is 23.4 Å². The zero-order valence-corrected chi connectivity index (χ0v) is 10.8. The van der Waals surface area contributed by atoms with Gasteiger partial charge in [-0.3, -0.25) is 0 Å². The largest absolute Gasteiger partial charge is 0.326 e. The van der Waals surface area contributed by atoms with Gasteiger partial charge in [-0.25, -0.2) is 4.98 Å². The van der Waals surface area contributed by atoms with Crippen molar-refractivity contribution < 1.29 is 0 Å². The summed E-state index contributed by atoms with van der Waals surface area (Å²) in [5.41, 5.74) is 8.68. The molecule has 18 heavy (non-hydrogen) atoms. The van der Waals surface area contributed by atoms with Crippen LogP contribution in [-0.4, -0.2) is 15.6 Å². The standard InChI is InChI=1S/C15H21N3/c16-12-7-3-1-2-4-9-14(12)18-11-17-13-8-5-6-10-15(13)18/h5-6,8,10-12,14H,1-4,7,9,16H2. The Morgan fingerprint density at radius 2 is 1.83 bits per heavy atom. The van der Waals surface area contributed by atoms with E-state index in [1.165, 1.54) is 37.6 Å². The molecule has 2 atom stereocenters. The maximum Gasteiger partial charge on any atom is 0.0961 e. The third kappa shape index (κ3) is 2.15. The number of hydrogen-bond donors (Lipinski definition) is 1. The molecule has 2 unspecified atom stereocenters. The van der Waals surface area contributed by atoms with Gasteiger partial charge in [0.15, 0.2) is 0 Å². The molecule has 1 aromatic heterocycles. The lowest BCUT2D eigenvalue weighted by Crippen LogP contribution is -2.32. The molecule has 1 aromatic carbocycles.